The van der Waals surface area contributed by atoms with Crippen LogP contribution in [0.15, 0.2) is 30.3 Å². The summed E-state index contributed by atoms with van der Waals surface area (Å²) in [6, 6.07) is 9.01. The molecule has 2 aliphatic rings. The minimum Gasteiger partial charge on any atom is -0.493 e. The minimum absolute atomic E-state index is 0.000342. The minimum atomic E-state index is -0.663. The lowest BCUT2D eigenvalue weighted by molar-refractivity contribution is -0.157. The number of hydrogen-bond acceptors (Lipinski definition) is 9. The van der Waals surface area contributed by atoms with Crippen LogP contribution in [0.4, 0.5) is 0 Å². The summed E-state index contributed by atoms with van der Waals surface area (Å²) >= 11 is 0. The topological polar surface area (TPSA) is 98.8 Å². The van der Waals surface area contributed by atoms with Gasteiger partial charge in [0.25, 0.3) is 0 Å². The van der Waals surface area contributed by atoms with Crippen LogP contribution in [-0.2, 0) is 20.9 Å². The summed E-state index contributed by atoms with van der Waals surface area (Å²) in [5.41, 5.74) is 1.59. The first-order chi connectivity index (χ1) is 17.2. The number of hydrogen-bond donors (Lipinski definition) is 0. The van der Waals surface area contributed by atoms with Gasteiger partial charge in [0.2, 0.25) is 6.79 Å². The third kappa shape index (κ3) is 4.10. The number of fused-ring (bicyclic) bond motifs is 3. The van der Waals surface area contributed by atoms with Gasteiger partial charge in [-0.1, -0.05) is 6.07 Å². The second kappa shape index (κ2) is 8.82. The second-order valence-corrected chi connectivity index (χ2v) is 9.33. The monoisotopic (exact) mass is 494 g/mol. The highest BCUT2D eigenvalue weighted by Crippen LogP contribution is 2.49. The van der Waals surface area contributed by atoms with Gasteiger partial charge in [-0.2, -0.15) is 0 Å². The molecule has 3 aromatic rings. The maximum absolute atomic E-state index is 13.0. The van der Waals surface area contributed by atoms with Crippen LogP contribution in [0.3, 0.4) is 0 Å². The fraction of sp³-hybridized carbons (Fsp3) is 0.333. The molecule has 0 atom stereocenters. The van der Waals surface area contributed by atoms with E-state index in [1.807, 2.05) is 12.1 Å². The Balaban J connectivity index is 1.74. The Labute approximate surface area is 207 Å². The van der Waals surface area contributed by atoms with Crippen molar-refractivity contribution < 1.29 is 42.7 Å². The number of rotatable bonds is 6. The number of cyclic esters (lactones) is 1. The lowest BCUT2D eigenvalue weighted by atomic mass is 9.89. The molecule has 0 bridgehead atoms. The highest BCUT2D eigenvalue weighted by molar-refractivity contribution is 6.14. The smallest absolute Gasteiger partial charge is 0.344 e. The first kappa shape index (κ1) is 23.6. The Bertz CT molecular complexity index is 1380. The normalized spacial score (nSPS) is 13.9. The number of carbonyl (C=O) groups excluding carboxylic acids is 2. The van der Waals surface area contributed by atoms with E-state index in [9.17, 15) is 9.59 Å². The van der Waals surface area contributed by atoms with E-state index in [1.54, 1.807) is 39.0 Å². The molecule has 9 heteroatoms. The summed E-state index contributed by atoms with van der Waals surface area (Å²) in [5.74, 6) is 1.46. The number of methoxy groups -OCH3 is 2. The summed E-state index contributed by atoms with van der Waals surface area (Å²) in [5, 5.41) is 1.28. The van der Waals surface area contributed by atoms with Crippen molar-refractivity contribution in [3.05, 3.63) is 41.5 Å². The van der Waals surface area contributed by atoms with Crippen molar-refractivity contribution in [2.24, 2.45) is 0 Å². The Morgan fingerprint density at radius 1 is 0.917 bits per heavy atom. The van der Waals surface area contributed by atoms with Crippen LogP contribution in [0, 0.1) is 0 Å². The highest BCUT2D eigenvalue weighted by atomic mass is 16.7. The van der Waals surface area contributed by atoms with Gasteiger partial charge in [-0.15, -0.1) is 0 Å². The van der Waals surface area contributed by atoms with E-state index < -0.39 is 17.5 Å². The molecule has 0 spiro atoms. The van der Waals surface area contributed by atoms with Gasteiger partial charge in [-0.3, -0.25) is 0 Å². The first-order valence-corrected chi connectivity index (χ1v) is 11.4. The Morgan fingerprint density at radius 3 is 2.31 bits per heavy atom. The van der Waals surface area contributed by atoms with Gasteiger partial charge in [-0.25, -0.2) is 9.59 Å². The molecule has 5 rings (SSSR count). The molecule has 36 heavy (non-hydrogen) atoms. The number of carbonyl (C=O) groups is 2. The quantitative estimate of drug-likeness (QED) is 0.454. The van der Waals surface area contributed by atoms with Crippen LogP contribution in [-0.4, -0.2) is 45.2 Å². The van der Waals surface area contributed by atoms with E-state index >= 15 is 0 Å². The van der Waals surface area contributed by atoms with E-state index in [2.05, 4.69) is 0 Å². The highest BCUT2D eigenvalue weighted by Gasteiger charge is 2.34. The van der Waals surface area contributed by atoms with Gasteiger partial charge in [0, 0.05) is 16.5 Å². The number of esters is 2. The van der Waals surface area contributed by atoms with E-state index in [0.29, 0.717) is 56.2 Å². The molecule has 0 aliphatic carbocycles. The fourth-order valence-electron chi connectivity index (χ4n) is 4.43. The average molecular weight is 494 g/mol. The largest absolute Gasteiger partial charge is 0.493 e. The second-order valence-electron chi connectivity index (χ2n) is 9.33. The zero-order valence-electron chi connectivity index (χ0n) is 20.7. The molecular formula is C27H26O9. The Morgan fingerprint density at radius 2 is 1.61 bits per heavy atom. The van der Waals surface area contributed by atoms with Crippen molar-refractivity contribution in [1.82, 2.24) is 0 Å². The number of ether oxygens (including phenoxy) is 7. The summed E-state index contributed by atoms with van der Waals surface area (Å²) < 4.78 is 38.9. The molecule has 0 unspecified atom stereocenters. The zero-order chi connectivity index (χ0) is 25.6. The van der Waals surface area contributed by atoms with Crippen molar-refractivity contribution in [2.45, 2.75) is 33.0 Å². The van der Waals surface area contributed by atoms with Crippen molar-refractivity contribution in [1.29, 1.82) is 0 Å². The van der Waals surface area contributed by atoms with Crippen LogP contribution >= 0.6 is 0 Å². The van der Waals surface area contributed by atoms with Crippen LogP contribution in [0.1, 0.15) is 36.7 Å². The Kier molecular flexibility index (Phi) is 5.78. The standard InChI is InChI=1S/C27H26O9/c1-27(2,3)36-22(28)12-32-25-16-10-20(31-5)19(30-4)9-15(16)23(24-17(25)11-33-26(24)29)14-6-7-18-21(8-14)35-13-34-18/h6-10H,11-13H2,1-5H3. The number of benzene rings is 3. The Hall–Kier alpha value is -4.14. The van der Waals surface area contributed by atoms with Crippen molar-refractivity contribution in [3.63, 3.8) is 0 Å². The summed E-state index contributed by atoms with van der Waals surface area (Å²) in [6.45, 7) is 5.12. The molecule has 9 nitrogen and oxygen atoms in total. The summed E-state index contributed by atoms with van der Waals surface area (Å²) in [6.07, 6.45) is 0. The molecule has 0 saturated carbocycles. The molecule has 0 saturated heterocycles. The summed E-state index contributed by atoms with van der Waals surface area (Å²) in [7, 11) is 3.06. The molecule has 2 heterocycles. The molecule has 2 aliphatic heterocycles. The molecular weight excluding hydrogens is 468 g/mol. The maximum Gasteiger partial charge on any atom is 0.344 e. The average Bonchev–Trinajstić information content (AvgIpc) is 3.46. The van der Waals surface area contributed by atoms with Crippen LogP contribution < -0.4 is 23.7 Å². The van der Waals surface area contributed by atoms with E-state index in [-0.39, 0.29) is 20.0 Å². The fourth-order valence-corrected chi connectivity index (χ4v) is 4.43. The van der Waals surface area contributed by atoms with Gasteiger partial charge in [0.15, 0.2) is 29.6 Å². The molecule has 0 radical (unpaired) electrons. The lowest BCUT2D eigenvalue weighted by Gasteiger charge is -2.21. The van der Waals surface area contributed by atoms with Crippen LogP contribution in [0.2, 0.25) is 0 Å². The van der Waals surface area contributed by atoms with Gasteiger partial charge in [-0.05, 0) is 56.0 Å². The zero-order valence-corrected chi connectivity index (χ0v) is 20.7. The van der Waals surface area contributed by atoms with Crippen LogP contribution in [0.5, 0.6) is 28.7 Å². The molecule has 0 aromatic heterocycles. The van der Waals surface area contributed by atoms with Gasteiger partial charge in [0.05, 0.1) is 19.8 Å². The van der Waals surface area contributed by atoms with Crippen LogP contribution in [0.25, 0.3) is 21.9 Å². The third-order valence-electron chi connectivity index (χ3n) is 5.83. The first-order valence-electron chi connectivity index (χ1n) is 11.4. The van der Waals surface area contributed by atoms with E-state index in [0.717, 1.165) is 5.56 Å². The van der Waals surface area contributed by atoms with E-state index in [1.165, 1.54) is 14.2 Å². The predicted molar refractivity (Wildman–Crippen MR) is 129 cm³/mol. The van der Waals surface area contributed by atoms with Gasteiger partial charge < -0.3 is 33.2 Å². The van der Waals surface area contributed by atoms with Gasteiger partial charge in [0.1, 0.15) is 18.0 Å². The third-order valence-corrected chi connectivity index (χ3v) is 5.83. The molecule has 0 fully saturated rings. The van der Waals surface area contributed by atoms with E-state index in [4.69, 9.17) is 33.2 Å². The lowest BCUT2D eigenvalue weighted by Crippen LogP contribution is -2.27. The predicted octanol–water partition coefficient (Wildman–Crippen LogP) is 4.64. The molecule has 0 N–H and O–H groups in total. The van der Waals surface area contributed by atoms with Gasteiger partial charge >= 0.3 is 11.9 Å². The maximum atomic E-state index is 13.0. The van der Waals surface area contributed by atoms with Crippen molar-refractivity contribution in [3.8, 4) is 39.9 Å². The molecule has 188 valence electrons. The molecule has 0 amide bonds. The summed E-state index contributed by atoms with van der Waals surface area (Å²) in [4.78, 5) is 25.4. The van der Waals surface area contributed by atoms with Crippen molar-refractivity contribution in [2.75, 3.05) is 27.6 Å². The van der Waals surface area contributed by atoms with Crippen molar-refractivity contribution >= 4 is 22.7 Å². The molecule has 3 aromatic carbocycles. The SMILES string of the molecule is COc1cc2c(OCC(=O)OC(C)(C)C)c3c(c(-c4ccc5c(c4)OCO5)c2cc1OC)C(=O)OC3.